The standard InChI is InChI=1S/C22H14Cl2N2O3S/c1-29-16-7-8-17(21(11-16)26(27)28)13-2-4-14(5-3-13)22-25-20(12-30-22)15-6-9-18(23)19(24)10-15/h2-12H,1H3. The zero-order valence-corrected chi connectivity index (χ0v) is 18.0. The van der Waals surface area contributed by atoms with E-state index in [1.54, 1.807) is 24.3 Å². The van der Waals surface area contributed by atoms with Crippen LogP contribution < -0.4 is 4.74 Å². The molecule has 0 amide bonds. The van der Waals surface area contributed by atoms with E-state index in [1.165, 1.54) is 24.5 Å². The van der Waals surface area contributed by atoms with E-state index in [9.17, 15) is 10.1 Å². The smallest absolute Gasteiger partial charge is 0.280 e. The van der Waals surface area contributed by atoms with Crippen LogP contribution in [-0.4, -0.2) is 17.0 Å². The molecular formula is C22H14Cl2N2O3S. The van der Waals surface area contributed by atoms with Crippen molar-refractivity contribution in [2.75, 3.05) is 7.11 Å². The molecule has 0 atom stereocenters. The highest BCUT2D eigenvalue weighted by atomic mass is 35.5. The molecule has 0 aliphatic heterocycles. The lowest BCUT2D eigenvalue weighted by atomic mass is 10.0. The number of nitro groups is 1. The number of hydrogen-bond acceptors (Lipinski definition) is 5. The lowest BCUT2D eigenvalue weighted by molar-refractivity contribution is -0.384. The Balaban J connectivity index is 1.64. The van der Waals surface area contributed by atoms with Crippen LogP contribution in [-0.2, 0) is 0 Å². The van der Waals surface area contributed by atoms with E-state index in [1.807, 2.05) is 35.7 Å². The molecule has 0 saturated carbocycles. The lowest BCUT2D eigenvalue weighted by Crippen LogP contribution is -1.93. The van der Waals surface area contributed by atoms with E-state index in [0.29, 0.717) is 21.4 Å². The van der Waals surface area contributed by atoms with Gasteiger partial charge in [0.2, 0.25) is 0 Å². The van der Waals surface area contributed by atoms with Gasteiger partial charge >= 0.3 is 0 Å². The fourth-order valence-corrected chi connectivity index (χ4v) is 4.15. The SMILES string of the molecule is COc1ccc(-c2ccc(-c3nc(-c4ccc(Cl)c(Cl)c4)cs3)cc2)c([N+](=O)[O-])c1. The van der Waals surface area contributed by atoms with E-state index >= 15 is 0 Å². The van der Waals surface area contributed by atoms with Crippen molar-refractivity contribution in [2.45, 2.75) is 0 Å². The monoisotopic (exact) mass is 456 g/mol. The Kier molecular flexibility index (Phi) is 5.72. The number of halogens is 2. The molecule has 1 aromatic heterocycles. The first-order chi connectivity index (χ1) is 14.5. The summed E-state index contributed by atoms with van der Waals surface area (Å²) in [6.45, 7) is 0. The highest BCUT2D eigenvalue weighted by molar-refractivity contribution is 7.13. The lowest BCUT2D eigenvalue weighted by Gasteiger charge is -2.06. The summed E-state index contributed by atoms with van der Waals surface area (Å²) in [5, 5.41) is 15.2. The number of nitro benzene ring substituents is 1. The first kappa shape index (κ1) is 20.3. The summed E-state index contributed by atoms with van der Waals surface area (Å²) in [7, 11) is 1.48. The molecule has 0 bridgehead atoms. The zero-order chi connectivity index (χ0) is 21.3. The van der Waals surface area contributed by atoms with Gasteiger partial charge in [0.05, 0.1) is 39.4 Å². The number of rotatable bonds is 5. The molecule has 0 radical (unpaired) electrons. The first-order valence-electron chi connectivity index (χ1n) is 8.80. The predicted octanol–water partition coefficient (Wildman–Crippen LogP) is 7.37. The summed E-state index contributed by atoms with van der Waals surface area (Å²) in [6.07, 6.45) is 0. The predicted molar refractivity (Wildman–Crippen MR) is 122 cm³/mol. The summed E-state index contributed by atoms with van der Waals surface area (Å²) < 4.78 is 5.10. The van der Waals surface area contributed by atoms with Gasteiger partial charge < -0.3 is 4.74 Å². The van der Waals surface area contributed by atoms with Gasteiger partial charge in [-0.15, -0.1) is 11.3 Å². The molecule has 0 saturated heterocycles. The minimum atomic E-state index is -0.407. The third kappa shape index (κ3) is 4.03. The molecule has 150 valence electrons. The van der Waals surface area contributed by atoms with Gasteiger partial charge in [-0.2, -0.15) is 0 Å². The van der Waals surface area contributed by atoms with Crippen molar-refractivity contribution >= 4 is 40.2 Å². The second-order valence-electron chi connectivity index (χ2n) is 6.38. The highest BCUT2D eigenvalue weighted by Gasteiger charge is 2.17. The molecule has 1 heterocycles. The van der Waals surface area contributed by atoms with Crippen LogP contribution >= 0.6 is 34.5 Å². The van der Waals surface area contributed by atoms with Crippen molar-refractivity contribution in [3.05, 3.63) is 86.2 Å². The van der Waals surface area contributed by atoms with Crippen LogP contribution in [0, 0.1) is 10.1 Å². The highest BCUT2D eigenvalue weighted by Crippen LogP contribution is 2.36. The van der Waals surface area contributed by atoms with Crippen LogP contribution in [0.3, 0.4) is 0 Å². The number of nitrogens with zero attached hydrogens (tertiary/aromatic N) is 2. The summed E-state index contributed by atoms with van der Waals surface area (Å²) in [5.74, 6) is 0.444. The van der Waals surface area contributed by atoms with Crippen LogP contribution in [0.25, 0.3) is 33.0 Å². The second kappa shape index (κ2) is 8.44. The van der Waals surface area contributed by atoms with Crippen molar-refractivity contribution in [1.29, 1.82) is 0 Å². The topological polar surface area (TPSA) is 65.3 Å². The molecule has 0 aliphatic carbocycles. The number of aromatic nitrogens is 1. The van der Waals surface area contributed by atoms with Crippen molar-refractivity contribution < 1.29 is 9.66 Å². The Bertz CT molecular complexity index is 1240. The molecule has 8 heteroatoms. The largest absolute Gasteiger partial charge is 0.497 e. The van der Waals surface area contributed by atoms with E-state index in [2.05, 4.69) is 4.98 Å². The van der Waals surface area contributed by atoms with Crippen LogP contribution in [0.5, 0.6) is 5.75 Å². The van der Waals surface area contributed by atoms with Crippen molar-refractivity contribution in [3.8, 4) is 38.7 Å². The Hall–Kier alpha value is -2.93. The molecular weight excluding hydrogens is 443 g/mol. The average molecular weight is 457 g/mol. The number of thiazole rings is 1. The fraction of sp³-hybridized carbons (Fsp3) is 0.0455. The van der Waals surface area contributed by atoms with E-state index in [4.69, 9.17) is 27.9 Å². The van der Waals surface area contributed by atoms with Crippen molar-refractivity contribution in [2.24, 2.45) is 0 Å². The van der Waals surface area contributed by atoms with Gasteiger partial charge in [0.15, 0.2) is 0 Å². The average Bonchev–Trinajstić information content (AvgIpc) is 3.25. The number of hydrogen-bond donors (Lipinski definition) is 0. The Morgan fingerprint density at radius 2 is 1.63 bits per heavy atom. The minimum absolute atomic E-state index is 0.00162. The Labute approximate surface area is 186 Å². The minimum Gasteiger partial charge on any atom is -0.497 e. The van der Waals surface area contributed by atoms with Gasteiger partial charge in [-0.25, -0.2) is 4.98 Å². The number of methoxy groups -OCH3 is 1. The molecule has 4 aromatic rings. The summed E-state index contributed by atoms with van der Waals surface area (Å²) in [4.78, 5) is 15.7. The molecule has 4 rings (SSSR count). The quantitative estimate of drug-likeness (QED) is 0.232. The van der Waals surface area contributed by atoms with Gasteiger partial charge in [0.1, 0.15) is 10.8 Å². The summed E-state index contributed by atoms with van der Waals surface area (Å²) >= 11 is 13.6. The van der Waals surface area contributed by atoms with Crippen LogP contribution in [0.2, 0.25) is 10.0 Å². The molecule has 0 spiro atoms. The normalized spacial score (nSPS) is 10.8. The maximum atomic E-state index is 11.5. The molecule has 5 nitrogen and oxygen atoms in total. The van der Waals surface area contributed by atoms with E-state index in [-0.39, 0.29) is 5.69 Å². The molecule has 30 heavy (non-hydrogen) atoms. The van der Waals surface area contributed by atoms with E-state index in [0.717, 1.165) is 27.4 Å². The molecule has 0 aliphatic rings. The molecule has 0 fully saturated rings. The third-order valence-corrected chi connectivity index (χ3v) is 6.19. The van der Waals surface area contributed by atoms with Gasteiger partial charge in [-0.1, -0.05) is 53.5 Å². The molecule has 3 aromatic carbocycles. The maximum absolute atomic E-state index is 11.5. The molecule has 0 N–H and O–H groups in total. The maximum Gasteiger partial charge on any atom is 0.280 e. The van der Waals surface area contributed by atoms with Crippen LogP contribution in [0.15, 0.2) is 66.0 Å². The van der Waals surface area contributed by atoms with Crippen molar-refractivity contribution in [1.82, 2.24) is 4.98 Å². The van der Waals surface area contributed by atoms with E-state index < -0.39 is 4.92 Å². The van der Waals surface area contributed by atoms with Crippen LogP contribution in [0.1, 0.15) is 0 Å². The number of ether oxygens (including phenoxy) is 1. The van der Waals surface area contributed by atoms with Crippen molar-refractivity contribution in [3.63, 3.8) is 0 Å². The van der Waals surface area contributed by atoms with Gasteiger partial charge in [-0.05, 0) is 29.8 Å². The molecule has 0 unspecified atom stereocenters. The van der Waals surface area contributed by atoms with Gasteiger partial charge in [0.25, 0.3) is 5.69 Å². The zero-order valence-electron chi connectivity index (χ0n) is 15.6. The van der Waals surface area contributed by atoms with Gasteiger partial charge in [0, 0.05) is 16.5 Å². The summed E-state index contributed by atoms with van der Waals surface area (Å²) in [6, 6.07) is 17.7. The summed E-state index contributed by atoms with van der Waals surface area (Å²) in [5.41, 5.74) is 3.89. The first-order valence-corrected chi connectivity index (χ1v) is 10.4. The third-order valence-electron chi connectivity index (χ3n) is 4.56. The Morgan fingerprint density at radius 3 is 2.30 bits per heavy atom. The number of benzene rings is 3. The van der Waals surface area contributed by atoms with Gasteiger partial charge in [-0.3, -0.25) is 10.1 Å². The fourth-order valence-electron chi connectivity index (χ4n) is 3.02. The van der Waals surface area contributed by atoms with Crippen LogP contribution in [0.4, 0.5) is 5.69 Å². The second-order valence-corrected chi connectivity index (χ2v) is 8.06. The Morgan fingerprint density at radius 1 is 0.933 bits per heavy atom.